The Balaban J connectivity index is 1.08. The largest absolute Gasteiger partial charge is 0.340 e. The lowest BCUT2D eigenvalue weighted by Gasteiger charge is -2.32. The maximum Gasteiger partial charge on any atom is 0.253 e. The van der Waals surface area contributed by atoms with E-state index in [4.69, 9.17) is 0 Å². The number of amides is 1. The molecule has 4 aromatic rings. The van der Waals surface area contributed by atoms with Crippen molar-refractivity contribution in [3.63, 3.8) is 0 Å². The Labute approximate surface area is 228 Å². The summed E-state index contributed by atoms with van der Waals surface area (Å²) in [6.45, 7) is 4.23. The summed E-state index contributed by atoms with van der Waals surface area (Å²) in [6, 6.07) is 14.4. The minimum absolute atomic E-state index is 0.0286. The van der Waals surface area contributed by atoms with Crippen molar-refractivity contribution in [2.75, 3.05) is 19.6 Å². The number of aromatic amines is 1. The quantitative estimate of drug-likeness (QED) is 0.379. The van der Waals surface area contributed by atoms with Crippen LogP contribution >= 0.6 is 0 Å². The Bertz CT molecular complexity index is 1560. The highest BCUT2D eigenvalue weighted by molar-refractivity contribution is 7.89. The van der Waals surface area contributed by atoms with Crippen molar-refractivity contribution in [1.82, 2.24) is 34.2 Å². The molecule has 10 nitrogen and oxygen atoms in total. The predicted octanol–water partition coefficient (Wildman–Crippen LogP) is 3.47. The fourth-order valence-electron chi connectivity index (χ4n) is 5.76. The van der Waals surface area contributed by atoms with Gasteiger partial charge in [-0.15, -0.1) is 5.10 Å². The molecule has 2 aromatic heterocycles. The normalized spacial score (nSPS) is 20.6. The fraction of sp³-hybridized carbons (Fsp3) is 0.429. The molecule has 4 heterocycles. The lowest BCUT2D eigenvalue weighted by molar-refractivity contribution is 0.0786. The molecule has 204 valence electrons. The topological polar surface area (TPSA) is 117 Å². The lowest BCUT2D eigenvalue weighted by Crippen LogP contribution is -2.42. The van der Waals surface area contributed by atoms with Crippen LogP contribution in [-0.2, 0) is 23.0 Å². The number of rotatable bonds is 7. The first-order valence-corrected chi connectivity index (χ1v) is 15.0. The summed E-state index contributed by atoms with van der Waals surface area (Å²) in [5.74, 6) is 0.963. The zero-order valence-electron chi connectivity index (χ0n) is 22.0. The van der Waals surface area contributed by atoms with Gasteiger partial charge in [-0.3, -0.25) is 4.79 Å². The molecule has 2 aliphatic rings. The number of nitrogens with zero attached hydrogens (tertiary/aromatic N) is 6. The van der Waals surface area contributed by atoms with Gasteiger partial charge in [-0.2, -0.15) is 4.31 Å². The Morgan fingerprint density at radius 3 is 2.79 bits per heavy atom. The molecule has 2 aromatic carbocycles. The number of H-pyrrole nitrogens is 1. The molecule has 0 saturated carbocycles. The maximum atomic E-state index is 13.3. The first kappa shape index (κ1) is 25.7. The third-order valence-electron chi connectivity index (χ3n) is 7.84. The number of likely N-dealkylation sites (tertiary alicyclic amines) is 1. The van der Waals surface area contributed by atoms with Crippen LogP contribution in [0.3, 0.4) is 0 Å². The average molecular weight is 548 g/mol. The van der Waals surface area contributed by atoms with Crippen LogP contribution in [0.25, 0.3) is 11.0 Å². The molecule has 0 spiro atoms. The molecular formula is C28H33N7O3S. The van der Waals surface area contributed by atoms with E-state index < -0.39 is 10.0 Å². The van der Waals surface area contributed by atoms with Gasteiger partial charge in [-0.25, -0.2) is 18.1 Å². The number of sulfonamides is 1. The number of hydrogen-bond acceptors (Lipinski definition) is 6. The smallest absolute Gasteiger partial charge is 0.253 e. The summed E-state index contributed by atoms with van der Waals surface area (Å²) in [5.41, 5.74) is 3.22. The molecule has 2 saturated heterocycles. The molecule has 39 heavy (non-hydrogen) atoms. The summed E-state index contributed by atoms with van der Waals surface area (Å²) < 4.78 is 29.9. The van der Waals surface area contributed by atoms with Gasteiger partial charge in [0.15, 0.2) is 0 Å². The van der Waals surface area contributed by atoms with Gasteiger partial charge < -0.3 is 9.88 Å². The number of para-hydroxylation sites is 2. The Morgan fingerprint density at radius 1 is 1.08 bits per heavy atom. The molecule has 1 N–H and O–H groups in total. The zero-order valence-corrected chi connectivity index (χ0v) is 22.8. The van der Waals surface area contributed by atoms with Crippen molar-refractivity contribution >= 4 is 27.0 Å². The minimum Gasteiger partial charge on any atom is -0.340 e. The molecule has 2 atom stereocenters. The second-order valence-electron chi connectivity index (χ2n) is 10.7. The third kappa shape index (κ3) is 5.33. The highest BCUT2D eigenvalue weighted by Gasteiger charge is 2.32. The number of fused-ring (bicyclic) bond motifs is 1. The monoisotopic (exact) mass is 547 g/mol. The number of hydrogen-bond donors (Lipinski definition) is 1. The van der Waals surface area contributed by atoms with E-state index in [0.717, 1.165) is 54.7 Å². The molecule has 2 aliphatic heterocycles. The number of nitrogens with one attached hydrogen (secondary N) is 1. The number of benzene rings is 2. The van der Waals surface area contributed by atoms with Gasteiger partial charge >= 0.3 is 0 Å². The van der Waals surface area contributed by atoms with Gasteiger partial charge in [-0.1, -0.05) is 29.8 Å². The van der Waals surface area contributed by atoms with E-state index in [1.54, 1.807) is 27.2 Å². The van der Waals surface area contributed by atoms with Crippen LogP contribution in [0.5, 0.6) is 0 Å². The molecule has 2 unspecified atom stereocenters. The average Bonchev–Trinajstić information content (AvgIpc) is 3.69. The van der Waals surface area contributed by atoms with Gasteiger partial charge in [0, 0.05) is 37.4 Å². The first-order chi connectivity index (χ1) is 18.9. The van der Waals surface area contributed by atoms with Crippen molar-refractivity contribution < 1.29 is 13.2 Å². The highest BCUT2D eigenvalue weighted by atomic mass is 32.2. The summed E-state index contributed by atoms with van der Waals surface area (Å²) >= 11 is 0. The minimum atomic E-state index is -3.63. The standard InChI is InChI=1S/C28H33N7O3S/c1-20-7-4-5-13-35(20)39(37,38)24-9-6-8-22(16-24)28(36)33-14-12-21(17-33)15-23-18-34(32-31-23)19-27-29-25-10-2-3-11-26(25)30-27/h2-3,6,8-11,16,18,20-21H,4-5,7,12-15,17,19H2,1H3,(H,29,30). The molecule has 0 radical (unpaired) electrons. The van der Waals surface area contributed by atoms with Gasteiger partial charge in [0.1, 0.15) is 12.4 Å². The second-order valence-corrected chi connectivity index (χ2v) is 12.6. The summed E-state index contributed by atoms with van der Waals surface area (Å²) in [4.78, 5) is 23.2. The van der Waals surface area contributed by atoms with E-state index in [9.17, 15) is 13.2 Å². The van der Waals surface area contributed by atoms with Crippen molar-refractivity contribution in [2.45, 2.75) is 56.5 Å². The van der Waals surface area contributed by atoms with E-state index in [2.05, 4.69) is 20.3 Å². The van der Waals surface area contributed by atoms with Crippen LogP contribution in [0.4, 0.5) is 0 Å². The molecule has 1 amide bonds. The number of carbonyl (C=O) groups is 1. The van der Waals surface area contributed by atoms with Crippen molar-refractivity contribution in [3.8, 4) is 0 Å². The maximum absolute atomic E-state index is 13.3. The lowest BCUT2D eigenvalue weighted by atomic mass is 10.0. The number of carbonyl (C=O) groups excluding carboxylic acids is 1. The Kier molecular flexibility index (Phi) is 6.94. The van der Waals surface area contributed by atoms with Crippen LogP contribution < -0.4 is 0 Å². The van der Waals surface area contributed by atoms with Crippen LogP contribution in [0, 0.1) is 5.92 Å². The molecule has 11 heteroatoms. The molecule has 2 fully saturated rings. The molecule has 0 aliphatic carbocycles. The Morgan fingerprint density at radius 2 is 1.95 bits per heavy atom. The Hall–Kier alpha value is -3.57. The number of imidazole rings is 1. The number of piperidine rings is 1. The van der Waals surface area contributed by atoms with Gasteiger partial charge in [0.05, 0.1) is 21.6 Å². The second kappa shape index (κ2) is 10.5. The van der Waals surface area contributed by atoms with Crippen molar-refractivity contribution in [3.05, 3.63) is 71.8 Å². The molecule has 6 rings (SSSR count). The van der Waals surface area contributed by atoms with Gasteiger partial charge in [-0.05, 0) is 68.9 Å². The van der Waals surface area contributed by atoms with E-state index >= 15 is 0 Å². The summed E-state index contributed by atoms with van der Waals surface area (Å²) in [7, 11) is -3.63. The molecular weight excluding hydrogens is 514 g/mol. The predicted molar refractivity (Wildman–Crippen MR) is 147 cm³/mol. The van der Waals surface area contributed by atoms with E-state index in [1.165, 1.54) is 6.07 Å². The SMILES string of the molecule is CC1CCCCN1S(=O)(=O)c1cccc(C(=O)N2CCC(Cc3cn(Cc4nc5ccccc5[nH]4)nn3)C2)c1. The van der Waals surface area contributed by atoms with Crippen molar-refractivity contribution in [1.29, 1.82) is 0 Å². The number of aromatic nitrogens is 5. The van der Waals surface area contributed by atoms with Crippen LogP contribution in [0.15, 0.2) is 59.6 Å². The van der Waals surface area contributed by atoms with Gasteiger partial charge in [0.2, 0.25) is 10.0 Å². The van der Waals surface area contributed by atoms with E-state index in [-0.39, 0.29) is 22.8 Å². The highest BCUT2D eigenvalue weighted by Crippen LogP contribution is 2.27. The van der Waals surface area contributed by atoms with Crippen LogP contribution in [0.2, 0.25) is 0 Å². The van der Waals surface area contributed by atoms with Crippen LogP contribution in [0.1, 0.15) is 54.5 Å². The summed E-state index contributed by atoms with van der Waals surface area (Å²) in [6.07, 6.45) is 6.30. The summed E-state index contributed by atoms with van der Waals surface area (Å²) in [5, 5.41) is 8.61. The third-order valence-corrected chi connectivity index (χ3v) is 9.85. The van der Waals surface area contributed by atoms with Crippen molar-refractivity contribution in [2.24, 2.45) is 5.92 Å². The molecule has 0 bridgehead atoms. The van der Waals surface area contributed by atoms with E-state index in [1.807, 2.05) is 42.3 Å². The van der Waals surface area contributed by atoms with Crippen LogP contribution in [-0.4, -0.2) is 74.2 Å². The zero-order chi connectivity index (χ0) is 27.0. The first-order valence-electron chi connectivity index (χ1n) is 13.6. The van der Waals surface area contributed by atoms with Gasteiger partial charge in [0.25, 0.3) is 5.91 Å². The van der Waals surface area contributed by atoms with E-state index in [0.29, 0.717) is 31.7 Å². The fourth-order valence-corrected chi connectivity index (χ4v) is 7.51.